The Morgan fingerprint density at radius 1 is 1.11 bits per heavy atom. The first-order chi connectivity index (χ1) is 17.3. The maximum absolute atomic E-state index is 13.3. The Bertz CT molecular complexity index is 1530. The second-order valence-electron chi connectivity index (χ2n) is 7.98. The number of anilines is 2. The van der Waals surface area contributed by atoms with E-state index in [-0.39, 0.29) is 46.2 Å². The molecule has 1 amide bonds. The first-order valence-corrected chi connectivity index (χ1v) is 12.4. The quantitative estimate of drug-likeness (QED) is 0.440. The molecule has 37 heavy (non-hydrogen) atoms. The van der Waals surface area contributed by atoms with E-state index in [1.807, 2.05) is 0 Å². The van der Waals surface area contributed by atoms with Crippen molar-refractivity contribution in [3.05, 3.63) is 81.9 Å². The molecular formula is C24H18ClF3N2O6S. The van der Waals surface area contributed by atoms with Crippen LogP contribution in [0.25, 0.3) is 0 Å². The molecule has 13 heteroatoms. The van der Waals surface area contributed by atoms with Gasteiger partial charge >= 0.3 is 12.1 Å². The summed E-state index contributed by atoms with van der Waals surface area (Å²) in [5.74, 6) is -1.69. The highest BCUT2D eigenvalue weighted by molar-refractivity contribution is 7.92. The highest BCUT2D eigenvalue weighted by Gasteiger charge is 2.36. The minimum absolute atomic E-state index is 0.000163. The summed E-state index contributed by atoms with van der Waals surface area (Å²) in [6, 6.07) is 9.93. The molecule has 0 radical (unpaired) electrons. The van der Waals surface area contributed by atoms with E-state index in [1.54, 1.807) is 0 Å². The summed E-state index contributed by atoms with van der Waals surface area (Å²) >= 11 is 5.95. The summed E-state index contributed by atoms with van der Waals surface area (Å²) in [6.07, 6.45) is -4.51. The normalized spacial score (nSPS) is 13.3. The van der Waals surface area contributed by atoms with E-state index in [1.165, 1.54) is 37.4 Å². The van der Waals surface area contributed by atoms with Gasteiger partial charge in [-0.25, -0.2) is 13.2 Å². The predicted octanol–water partition coefficient (Wildman–Crippen LogP) is 5.07. The molecule has 0 unspecified atom stereocenters. The Balaban J connectivity index is 1.70. The lowest BCUT2D eigenvalue weighted by molar-refractivity contribution is -0.137. The van der Waals surface area contributed by atoms with Gasteiger partial charge in [0.2, 0.25) is 0 Å². The number of carbonyl (C=O) groups excluding carboxylic acids is 1. The van der Waals surface area contributed by atoms with Crippen molar-refractivity contribution >= 4 is 44.9 Å². The van der Waals surface area contributed by atoms with E-state index in [0.29, 0.717) is 11.6 Å². The Kier molecular flexibility index (Phi) is 6.82. The molecule has 4 rings (SSSR count). The fourth-order valence-corrected chi connectivity index (χ4v) is 5.73. The van der Waals surface area contributed by atoms with Crippen LogP contribution < -0.4 is 14.4 Å². The van der Waals surface area contributed by atoms with Gasteiger partial charge in [-0.15, -0.1) is 0 Å². The number of ether oxygens (including phenoxy) is 1. The number of nitrogens with one attached hydrogen (secondary N) is 1. The van der Waals surface area contributed by atoms with Crippen LogP contribution in [0.15, 0.2) is 59.5 Å². The largest absolute Gasteiger partial charge is 0.496 e. The molecular weight excluding hydrogens is 537 g/mol. The third-order valence-electron chi connectivity index (χ3n) is 5.71. The van der Waals surface area contributed by atoms with E-state index < -0.39 is 38.5 Å². The Hall–Kier alpha value is -3.77. The molecule has 1 heterocycles. The molecule has 0 saturated heterocycles. The van der Waals surface area contributed by atoms with Gasteiger partial charge in [0, 0.05) is 23.4 Å². The Morgan fingerprint density at radius 3 is 2.46 bits per heavy atom. The van der Waals surface area contributed by atoms with Crippen LogP contribution >= 0.6 is 11.6 Å². The highest BCUT2D eigenvalue weighted by atomic mass is 35.5. The number of carboxylic acids is 1. The van der Waals surface area contributed by atoms with Crippen molar-refractivity contribution in [1.29, 1.82) is 0 Å². The molecule has 1 aliphatic heterocycles. The number of amides is 1. The molecule has 0 fully saturated rings. The standard InChI is InChI=1S/C24H18ClF3N2O6S/c1-36-21-10-13(22(31)29-15-5-6-17(23(32)33)19(25)12-15)9-20-18(21)7-8-30(20)37(34,35)16-4-2-3-14(11-16)24(26,27)28/h2-6,9-12H,7-8H2,1H3,(H,29,31)(H,32,33). The van der Waals surface area contributed by atoms with Gasteiger partial charge in [0.15, 0.2) is 0 Å². The number of sulfonamides is 1. The smallest absolute Gasteiger partial charge is 0.416 e. The minimum atomic E-state index is -4.73. The number of benzene rings is 3. The summed E-state index contributed by atoms with van der Waals surface area (Å²) in [5.41, 5.74) is -0.502. The molecule has 2 N–H and O–H groups in total. The first kappa shape index (κ1) is 26.3. The molecule has 1 aliphatic rings. The van der Waals surface area contributed by atoms with Gasteiger partial charge < -0.3 is 15.2 Å². The molecule has 3 aromatic carbocycles. The third kappa shape index (κ3) is 5.07. The SMILES string of the molecule is COc1cc(C(=O)Nc2ccc(C(=O)O)c(Cl)c2)cc2c1CCN2S(=O)(=O)c1cccc(C(F)(F)F)c1. The molecule has 0 bridgehead atoms. The molecule has 3 aromatic rings. The number of hydrogen-bond acceptors (Lipinski definition) is 5. The van der Waals surface area contributed by atoms with E-state index in [0.717, 1.165) is 22.5 Å². The van der Waals surface area contributed by atoms with Crippen molar-refractivity contribution < 1.29 is 41.0 Å². The number of aromatic carboxylic acids is 1. The second kappa shape index (κ2) is 9.60. The van der Waals surface area contributed by atoms with Crippen LogP contribution in [0, 0.1) is 0 Å². The second-order valence-corrected chi connectivity index (χ2v) is 10.3. The molecule has 8 nitrogen and oxygen atoms in total. The number of nitrogens with zero attached hydrogens (tertiary/aromatic N) is 1. The van der Waals surface area contributed by atoms with Gasteiger partial charge in [0.05, 0.1) is 33.8 Å². The van der Waals surface area contributed by atoms with Gasteiger partial charge in [-0.05, 0) is 55.0 Å². The molecule has 0 aliphatic carbocycles. The van der Waals surface area contributed by atoms with Crippen LogP contribution in [0.4, 0.5) is 24.5 Å². The van der Waals surface area contributed by atoms with Gasteiger partial charge in [-0.1, -0.05) is 17.7 Å². The van der Waals surface area contributed by atoms with E-state index in [9.17, 15) is 31.2 Å². The van der Waals surface area contributed by atoms with Crippen LogP contribution in [-0.4, -0.2) is 39.1 Å². The number of halogens is 4. The third-order valence-corrected chi connectivity index (χ3v) is 7.83. The zero-order valence-corrected chi connectivity index (χ0v) is 20.5. The summed E-state index contributed by atoms with van der Waals surface area (Å²) in [7, 11) is -3.07. The first-order valence-electron chi connectivity index (χ1n) is 10.6. The molecule has 194 valence electrons. The highest BCUT2D eigenvalue weighted by Crippen LogP contribution is 2.40. The average Bonchev–Trinajstić information content (AvgIpc) is 3.28. The molecule has 0 saturated carbocycles. The number of alkyl halides is 3. The Morgan fingerprint density at radius 2 is 1.84 bits per heavy atom. The van der Waals surface area contributed by atoms with Crippen molar-refractivity contribution in [2.75, 3.05) is 23.3 Å². The van der Waals surface area contributed by atoms with E-state index in [4.69, 9.17) is 21.4 Å². The van der Waals surface area contributed by atoms with Crippen LogP contribution in [0.2, 0.25) is 5.02 Å². The summed E-state index contributed by atoms with van der Waals surface area (Å²) in [6.45, 7) is -0.0679. The summed E-state index contributed by atoms with van der Waals surface area (Å²) in [5, 5.41) is 11.5. The van der Waals surface area contributed by atoms with Gasteiger partial charge in [-0.3, -0.25) is 9.10 Å². The lowest BCUT2D eigenvalue weighted by atomic mass is 10.1. The number of fused-ring (bicyclic) bond motifs is 1. The fraction of sp³-hybridized carbons (Fsp3) is 0.167. The summed E-state index contributed by atoms with van der Waals surface area (Å²) in [4.78, 5) is 23.6. The van der Waals surface area contributed by atoms with Crippen molar-refractivity contribution in [1.82, 2.24) is 0 Å². The van der Waals surface area contributed by atoms with E-state index in [2.05, 4.69) is 5.32 Å². The summed E-state index contributed by atoms with van der Waals surface area (Å²) < 4.78 is 72.5. The van der Waals surface area contributed by atoms with Crippen LogP contribution in [0.1, 0.15) is 31.8 Å². The van der Waals surface area contributed by atoms with Gasteiger partial charge in [0.1, 0.15) is 5.75 Å². The van der Waals surface area contributed by atoms with Gasteiger partial charge in [0.25, 0.3) is 15.9 Å². The topological polar surface area (TPSA) is 113 Å². The van der Waals surface area contributed by atoms with E-state index >= 15 is 0 Å². The monoisotopic (exact) mass is 554 g/mol. The van der Waals surface area contributed by atoms with Crippen molar-refractivity contribution in [2.24, 2.45) is 0 Å². The molecule has 0 spiro atoms. The average molecular weight is 555 g/mol. The Labute approximate surface area is 214 Å². The minimum Gasteiger partial charge on any atom is -0.496 e. The fourth-order valence-electron chi connectivity index (χ4n) is 3.93. The maximum atomic E-state index is 13.3. The van der Waals surface area contributed by atoms with Crippen LogP contribution in [0.5, 0.6) is 5.75 Å². The molecule has 0 aromatic heterocycles. The van der Waals surface area contributed by atoms with Crippen molar-refractivity contribution in [2.45, 2.75) is 17.5 Å². The number of carboxylic acid groups (broad SMARTS) is 1. The number of hydrogen-bond donors (Lipinski definition) is 2. The van der Waals surface area contributed by atoms with Crippen molar-refractivity contribution in [3.63, 3.8) is 0 Å². The van der Waals surface area contributed by atoms with Gasteiger partial charge in [-0.2, -0.15) is 13.2 Å². The number of methoxy groups -OCH3 is 1. The zero-order valence-electron chi connectivity index (χ0n) is 19.0. The molecule has 0 atom stereocenters. The lowest BCUT2D eigenvalue weighted by Crippen LogP contribution is -2.29. The van der Waals surface area contributed by atoms with Crippen molar-refractivity contribution in [3.8, 4) is 5.75 Å². The maximum Gasteiger partial charge on any atom is 0.416 e. The predicted molar refractivity (Wildman–Crippen MR) is 129 cm³/mol. The lowest BCUT2D eigenvalue weighted by Gasteiger charge is -2.21. The number of carbonyl (C=O) groups is 2. The zero-order chi connectivity index (χ0) is 27.1. The van der Waals surface area contributed by atoms with Crippen LogP contribution in [0.3, 0.4) is 0 Å². The number of rotatable bonds is 6. The van der Waals surface area contributed by atoms with Crippen LogP contribution in [-0.2, 0) is 22.6 Å².